The van der Waals surface area contributed by atoms with Crippen LogP contribution >= 0.6 is 0 Å². The zero-order chi connectivity index (χ0) is 12.3. The van der Waals surface area contributed by atoms with E-state index in [1.54, 1.807) is 0 Å². The summed E-state index contributed by atoms with van der Waals surface area (Å²) in [6.45, 7) is 2.72. The number of rotatable bonds is 5. The Morgan fingerprint density at radius 2 is 2.29 bits per heavy atom. The highest BCUT2D eigenvalue weighted by molar-refractivity contribution is 5.84. The first-order valence-electron chi connectivity index (χ1n) is 5.62. The lowest BCUT2D eigenvalue weighted by atomic mass is 9.89. The van der Waals surface area contributed by atoms with E-state index in [9.17, 15) is 4.79 Å². The van der Waals surface area contributed by atoms with E-state index in [-0.39, 0.29) is 5.69 Å². The lowest BCUT2D eigenvalue weighted by Crippen LogP contribution is -2.41. The summed E-state index contributed by atoms with van der Waals surface area (Å²) in [4.78, 5) is 18.4. The largest absolute Gasteiger partial charge is 0.476 e. The van der Waals surface area contributed by atoms with Gasteiger partial charge in [-0.1, -0.05) is 0 Å². The van der Waals surface area contributed by atoms with Gasteiger partial charge in [-0.3, -0.25) is 0 Å². The number of ether oxygens (including phenoxy) is 1. The van der Waals surface area contributed by atoms with Crippen LogP contribution in [-0.4, -0.2) is 39.8 Å². The van der Waals surface area contributed by atoms with Gasteiger partial charge in [0.25, 0.3) is 0 Å². The monoisotopic (exact) mass is 237 g/mol. The van der Waals surface area contributed by atoms with Crippen LogP contribution in [0.25, 0.3) is 0 Å². The van der Waals surface area contributed by atoms with Gasteiger partial charge in [0, 0.05) is 12.6 Å². The molecule has 0 bridgehead atoms. The molecule has 0 radical (unpaired) electrons. The van der Waals surface area contributed by atoms with Crippen LogP contribution in [0.15, 0.2) is 12.4 Å². The van der Waals surface area contributed by atoms with Gasteiger partial charge in [0.05, 0.1) is 18.5 Å². The van der Waals surface area contributed by atoms with Crippen LogP contribution in [0.4, 0.5) is 5.82 Å². The zero-order valence-electron chi connectivity index (χ0n) is 9.59. The molecule has 92 valence electrons. The Morgan fingerprint density at radius 1 is 1.53 bits per heavy atom. The summed E-state index contributed by atoms with van der Waals surface area (Å²) in [5, 5.41) is 11.9. The molecule has 1 saturated carbocycles. The Bertz CT molecular complexity index is 387. The first-order valence-corrected chi connectivity index (χ1v) is 5.62. The maximum atomic E-state index is 10.6. The van der Waals surface area contributed by atoms with E-state index >= 15 is 0 Å². The van der Waals surface area contributed by atoms with Crippen molar-refractivity contribution in [3.05, 3.63) is 18.1 Å². The molecule has 1 fully saturated rings. The van der Waals surface area contributed by atoms with Gasteiger partial charge in [-0.2, -0.15) is 0 Å². The number of hydrogen-bond acceptors (Lipinski definition) is 5. The lowest BCUT2D eigenvalue weighted by molar-refractivity contribution is 0.00292. The van der Waals surface area contributed by atoms with Crippen LogP contribution in [0, 0.1) is 0 Å². The van der Waals surface area contributed by atoms with E-state index in [4.69, 9.17) is 9.84 Å². The minimum atomic E-state index is -1.07. The van der Waals surface area contributed by atoms with Gasteiger partial charge < -0.3 is 15.2 Å². The predicted octanol–water partition coefficient (Wildman–Crippen LogP) is 1.15. The normalized spacial score (nSPS) is 22.9. The number of carboxylic acids is 1. The Morgan fingerprint density at radius 3 is 2.82 bits per heavy atom. The number of carboxylic acid groups (broad SMARTS) is 1. The second kappa shape index (κ2) is 5.09. The summed E-state index contributed by atoms with van der Waals surface area (Å²) < 4.78 is 5.44. The van der Waals surface area contributed by atoms with E-state index < -0.39 is 5.97 Å². The first kappa shape index (κ1) is 11.8. The van der Waals surface area contributed by atoms with Gasteiger partial charge in [0.15, 0.2) is 5.69 Å². The van der Waals surface area contributed by atoms with Crippen LogP contribution in [0.5, 0.6) is 0 Å². The SMILES string of the molecule is CCOC1CC(Nc2cnc(C(=O)O)cn2)C1. The molecule has 6 nitrogen and oxygen atoms in total. The Hall–Kier alpha value is -1.69. The molecule has 0 unspecified atom stereocenters. The van der Waals surface area contributed by atoms with Crippen molar-refractivity contribution in [2.45, 2.75) is 31.9 Å². The third-order valence-electron chi connectivity index (χ3n) is 2.72. The maximum Gasteiger partial charge on any atom is 0.356 e. The van der Waals surface area contributed by atoms with Gasteiger partial charge in [0.2, 0.25) is 0 Å². The number of nitrogens with one attached hydrogen (secondary N) is 1. The van der Waals surface area contributed by atoms with Crippen LogP contribution in [0.3, 0.4) is 0 Å². The van der Waals surface area contributed by atoms with Crippen LogP contribution < -0.4 is 5.32 Å². The number of carbonyl (C=O) groups is 1. The van der Waals surface area contributed by atoms with Crippen molar-refractivity contribution in [3.63, 3.8) is 0 Å². The second-order valence-corrected chi connectivity index (χ2v) is 3.98. The fraction of sp³-hybridized carbons (Fsp3) is 0.545. The van der Waals surface area contributed by atoms with Crippen LogP contribution in [-0.2, 0) is 4.74 Å². The molecule has 2 N–H and O–H groups in total. The third kappa shape index (κ3) is 2.91. The first-order chi connectivity index (χ1) is 8.19. The third-order valence-corrected chi connectivity index (χ3v) is 2.72. The van der Waals surface area contributed by atoms with Crippen LogP contribution in [0.1, 0.15) is 30.3 Å². The van der Waals surface area contributed by atoms with Crippen molar-refractivity contribution >= 4 is 11.8 Å². The average Bonchev–Trinajstić information content (AvgIpc) is 2.27. The lowest BCUT2D eigenvalue weighted by Gasteiger charge is -2.35. The summed E-state index contributed by atoms with van der Waals surface area (Å²) >= 11 is 0. The average molecular weight is 237 g/mol. The summed E-state index contributed by atoms with van der Waals surface area (Å²) in [6.07, 6.45) is 4.94. The predicted molar refractivity (Wildman–Crippen MR) is 61.1 cm³/mol. The number of aromatic carboxylic acids is 1. The van der Waals surface area contributed by atoms with E-state index in [0.717, 1.165) is 19.4 Å². The Labute approximate surface area is 99.0 Å². The number of anilines is 1. The van der Waals surface area contributed by atoms with Crippen molar-refractivity contribution in [2.24, 2.45) is 0 Å². The topological polar surface area (TPSA) is 84.3 Å². The van der Waals surface area contributed by atoms with E-state index in [2.05, 4.69) is 15.3 Å². The minimum Gasteiger partial charge on any atom is -0.476 e. The molecule has 1 aromatic heterocycles. The fourth-order valence-electron chi connectivity index (χ4n) is 1.78. The highest BCUT2D eigenvalue weighted by Gasteiger charge is 2.29. The zero-order valence-corrected chi connectivity index (χ0v) is 9.59. The van der Waals surface area contributed by atoms with E-state index in [1.165, 1.54) is 12.4 Å². The van der Waals surface area contributed by atoms with Gasteiger partial charge in [-0.05, 0) is 19.8 Å². The quantitative estimate of drug-likeness (QED) is 0.799. The number of nitrogens with zero attached hydrogens (tertiary/aromatic N) is 2. The van der Waals surface area contributed by atoms with Crippen molar-refractivity contribution in [3.8, 4) is 0 Å². The molecule has 1 aromatic rings. The molecule has 1 heterocycles. The fourth-order valence-corrected chi connectivity index (χ4v) is 1.78. The van der Waals surface area contributed by atoms with Crippen molar-refractivity contribution < 1.29 is 14.6 Å². The molecule has 0 amide bonds. The number of hydrogen-bond donors (Lipinski definition) is 2. The maximum absolute atomic E-state index is 10.6. The van der Waals surface area contributed by atoms with Crippen molar-refractivity contribution in [1.82, 2.24) is 9.97 Å². The molecule has 1 aliphatic carbocycles. The van der Waals surface area contributed by atoms with Crippen molar-refractivity contribution in [1.29, 1.82) is 0 Å². The molecule has 0 aromatic carbocycles. The summed E-state index contributed by atoms with van der Waals surface area (Å²) in [5.74, 6) is -0.459. The summed E-state index contributed by atoms with van der Waals surface area (Å²) in [6, 6.07) is 0.344. The number of aromatic nitrogens is 2. The van der Waals surface area contributed by atoms with Gasteiger partial charge >= 0.3 is 5.97 Å². The molecular formula is C11H15N3O3. The highest BCUT2D eigenvalue weighted by atomic mass is 16.5. The Balaban J connectivity index is 1.82. The van der Waals surface area contributed by atoms with E-state index in [0.29, 0.717) is 18.0 Å². The van der Waals surface area contributed by atoms with Gasteiger partial charge in [0.1, 0.15) is 5.82 Å². The van der Waals surface area contributed by atoms with Crippen molar-refractivity contribution in [2.75, 3.05) is 11.9 Å². The molecule has 17 heavy (non-hydrogen) atoms. The molecule has 6 heteroatoms. The van der Waals surface area contributed by atoms with Gasteiger partial charge in [-0.25, -0.2) is 14.8 Å². The summed E-state index contributed by atoms with van der Waals surface area (Å²) in [5.41, 5.74) is -0.0450. The smallest absolute Gasteiger partial charge is 0.356 e. The highest BCUT2D eigenvalue weighted by Crippen LogP contribution is 2.25. The molecule has 0 aliphatic heterocycles. The van der Waals surface area contributed by atoms with Crippen LogP contribution in [0.2, 0.25) is 0 Å². The molecular weight excluding hydrogens is 222 g/mol. The second-order valence-electron chi connectivity index (χ2n) is 3.98. The molecule has 2 rings (SSSR count). The molecule has 0 atom stereocenters. The van der Waals surface area contributed by atoms with E-state index in [1.807, 2.05) is 6.92 Å². The Kier molecular flexibility index (Phi) is 3.53. The summed E-state index contributed by atoms with van der Waals surface area (Å²) in [7, 11) is 0. The molecule has 0 saturated heterocycles. The standard InChI is InChI=1S/C11H15N3O3/c1-2-17-8-3-7(4-8)14-10-6-12-9(5-13-10)11(15)16/h5-8H,2-4H2,1H3,(H,13,14)(H,15,16). The minimum absolute atomic E-state index is 0.0450. The molecule has 1 aliphatic rings. The van der Waals surface area contributed by atoms with Gasteiger partial charge in [-0.15, -0.1) is 0 Å². The molecule has 0 spiro atoms.